The predicted octanol–water partition coefficient (Wildman–Crippen LogP) is 3.60. The van der Waals surface area contributed by atoms with Crippen LogP contribution >= 0.6 is 0 Å². The lowest BCUT2D eigenvalue weighted by atomic mass is 9.95. The number of carbonyl (C=O) groups excluding carboxylic acids is 2. The zero-order valence-corrected chi connectivity index (χ0v) is 15.9. The minimum atomic E-state index is -0.233. The number of benzene rings is 2. The van der Waals surface area contributed by atoms with Gasteiger partial charge in [0, 0.05) is 18.7 Å². The van der Waals surface area contributed by atoms with E-state index in [1.807, 2.05) is 56.3 Å². The van der Waals surface area contributed by atoms with Crippen molar-refractivity contribution in [2.24, 2.45) is 5.92 Å². The molecule has 1 aliphatic heterocycles. The van der Waals surface area contributed by atoms with Gasteiger partial charge >= 0.3 is 0 Å². The second kappa shape index (κ2) is 8.71. The van der Waals surface area contributed by atoms with Gasteiger partial charge in [0.25, 0.3) is 0 Å². The lowest BCUT2D eigenvalue weighted by Crippen LogP contribution is -2.37. The molecule has 2 aromatic rings. The first-order valence-electron chi connectivity index (χ1n) is 9.44. The van der Waals surface area contributed by atoms with Crippen molar-refractivity contribution < 1.29 is 14.3 Å². The molecule has 0 aliphatic carbocycles. The Morgan fingerprint density at radius 3 is 2.78 bits per heavy atom. The number of carbonyl (C=O) groups is 2. The number of nitrogens with one attached hydrogen (secondary N) is 2. The van der Waals surface area contributed by atoms with Crippen molar-refractivity contribution in [2.75, 3.05) is 11.9 Å². The van der Waals surface area contributed by atoms with Gasteiger partial charge in [0.1, 0.15) is 12.4 Å². The van der Waals surface area contributed by atoms with Crippen molar-refractivity contribution in [2.45, 2.75) is 39.7 Å². The van der Waals surface area contributed by atoms with E-state index in [4.69, 9.17) is 4.74 Å². The number of anilines is 1. The first-order valence-corrected chi connectivity index (χ1v) is 9.44. The summed E-state index contributed by atoms with van der Waals surface area (Å²) < 4.78 is 5.77. The van der Waals surface area contributed by atoms with Crippen molar-refractivity contribution >= 4 is 17.5 Å². The molecule has 1 unspecified atom stereocenters. The fourth-order valence-corrected chi connectivity index (χ4v) is 3.23. The fourth-order valence-electron chi connectivity index (χ4n) is 3.23. The lowest BCUT2D eigenvalue weighted by molar-refractivity contribution is -0.126. The average Bonchev–Trinajstić information content (AvgIpc) is 2.66. The Hall–Kier alpha value is -2.82. The molecule has 0 saturated heterocycles. The molecular formula is C22H26N2O3. The molecule has 0 bridgehead atoms. The third-order valence-corrected chi connectivity index (χ3v) is 4.81. The molecule has 3 rings (SSSR count). The predicted molar refractivity (Wildman–Crippen MR) is 106 cm³/mol. The summed E-state index contributed by atoms with van der Waals surface area (Å²) in [6, 6.07) is 13.6. The van der Waals surface area contributed by atoms with E-state index in [0.29, 0.717) is 26.0 Å². The zero-order valence-electron chi connectivity index (χ0n) is 15.9. The summed E-state index contributed by atoms with van der Waals surface area (Å²) in [4.78, 5) is 24.4. The number of ether oxygens (including phenoxy) is 1. The summed E-state index contributed by atoms with van der Waals surface area (Å²) in [6.07, 6.45) is 1.91. The Balaban J connectivity index is 1.61. The van der Waals surface area contributed by atoms with Crippen LogP contribution in [0.15, 0.2) is 42.5 Å². The summed E-state index contributed by atoms with van der Waals surface area (Å²) in [5.74, 6) is 0.542. The zero-order chi connectivity index (χ0) is 19.2. The van der Waals surface area contributed by atoms with Crippen molar-refractivity contribution in [3.8, 4) is 5.75 Å². The summed E-state index contributed by atoms with van der Waals surface area (Å²) in [7, 11) is 0. The minimum absolute atomic E-state index is 0.00158. The summed E-state index contributed by atoms with van der Waals surface area (Å²) in [5, 5.41) is 5.91. The number of rotatable bonds is 6. The quantitative estimate of drug-likeness (QED) is 0.821. The van der Waals surface area contributed by atoms with Gasteiger partial charge in [-0.3, -0.25) is 9.59 Å². The first kappa shape index (κ1) is 19.0. The van der Waals surface area contributed by atoms with Crippen LogP contribution < -0.4 is 15.4 Å². The molecule has 0 fully saturated rings. The van der Waals surface area contributed by atoms with Crippen LogP contribution in [0.4, 0.5) is 5.69 Å². The smallest absolute Gasteiger partial charge is 0.227 e. The van der Waals surface area contributed by atoms with Crippen molar-refractivity contribution in [1.29, 1.82) is 0 Å². The molecule has 1 aliphatic rings. The van der Waals surface area contributed by atoms with Gasteiger partial charge in [0.15, 0.2) is 0 Å². The number of amides is 2. The van der Waals surface area contributed by atoms with Gasteiger partial charge in [-0.15, -0.1) is 0 Å². The van der Waals surface area contributed by atoms with Crippen LogP contribution in [0.3, 0.4) is 0 Å². The normalized spacial score (nSPS) is 15.4. The van der Waals surface area contributed by atoms with Gasteiger partial charge < -0.3 is 15.4 Å². The third kappa shape index (κ3) is 4.88. The molecule has 5 heteroatoms. The van der Waals surface area contributed by atoms with Crippen molar-refractivity contribution in [3.63, 3.8) is 0 Å². The Kier molecular flexibility index (Phi) is 6.12. The van der Waals surface area contributed by atoms with Gasteiger partial charge in [-0.2, -0.15) is 0 Å². The van der Waals surface area contributed by atoms with E-state index in [-0.39, 0.29) is 17.7 Å². The van der Waals surface area contributed by atoms with Crippen LogP contribution in [0.2, 0.25) is 0 Å². The molecular weight excluding hydrogens is 340 g/mol. The number of hydrogen-bond acceptors (Lipinski definition) is 3. The van der Waals surface area contributed by atoms with E-state index < -0.39 is 0 Å². The molecule has 142 valence electrons. The maximum Gasteiger partial charge on any atom is 0.227 e. The van der Waals surface area contributed by atoms with E-state index in [1.54, 1.807) is 0 Å². The van der Waals surface area contributed by atoms with Gasteiger partial charge in [-0.1, -0.05) is 31.2 Å². The monoisotopic (exact) mass is 366 g/mol. The van der Waals surface area contributed by atoms with Gasteiger partial charge in [-0.25, -0.2) is 0 Å². The highest BCUT2D eigenvalue weighted by molar-refractivity contribution is 5.91. The second-order valence-corrected chi connectivity index (χ2v) is 6.98. The summed E-state index contributed by atoms with van der Waals surface area (Å²) >= 11 is 0. The number of hydrogen-bond donors (Lipinski definition) is 2. The van der Waals surface area contributed by atoms with Crippen LogP contribution in [-0.4, -0.2) is 18.4 Å². The fraction of sp³-hybridized carbons (Fsp3) is 0.364. The van der Waals surface area contributed by atoms with Gasteiger partial charge in [-0.05, 0) is 54.7 Å². The first-order chi connectivity index (χ1) is 13.1. The Morgan fingerprint density at radius 2 is 2.00 bits per heavy atom. The minimum Gasteiger partial charge on any atom is -0.492 e. The van der Waals surface area contributed by atoms with Crippen LogP contribution in [0, 0.1) is 12.8 Å². The Morgan fingerprint density at radius 1 is 1.19 bits per heavy atom. The van der Waals surface area contributed by atoms with Crippen LogP contribution in [0.5, 0.6) is 5.75 Å². The average molecular weight is 366 g/mol. The number of aryl methyl sites for hydroxylation is 1. The maximum absolute atomic E-state index is 12.6. The van der Waals surface area contributed by atoms with Gasteiger partial charge in [0.2, 0.25) is 11.8 Å². The highest BCUT2D eigenvalue weighted by Gasteiger charge is 2.26. The van der Waals surface area contributed by atoms with Crippen LogP contribution in [0.25, 0.3) is 0 Å². The highest BCUT2D eigenvalue weighted by Crippen LogP contribution is 2.30. The second-order valence-electron chi connectivity index (χ2n) is 6.98. The number of fused-ring (bicyclic) bond motifs is 1. The summed E-state index contributed by atoms with van der Waals surface area (Å²) in [6.45, 7) is 4.90. The molecule has 1 atom stereocenters. The Labute approximate surface area is 160 Å². The third-order valence-electron chi connectivity index (χ3n) is 4.81. The Bertz CT molecular complexity index is 832. The van der Waals surface area contributed by atoms with Crippen molar-refractivity contribution in [1.82, 2.24) is 5.32 Å². The molecule has 2 aromatic carbocycles. The van der Waals surface area contributed by atoms with E-state index in [2.05, 4.69) is 10.6 Å². The van der Waals surface area contributed by atoms with E-state index in [9.17, 15) is 9.59 Å². The molecule has 0 aromatic heterocycles. The molecule has 1 heterocycles. The van der Waals surface area contributed by atoms with Crippen LogP contribution in [-0.2, 0) is 22.6 Å². The molecule has 27 heavy (non-hydrogen) atoms. The molecule has 0 radical (unpaired) electrons. The highest BCUT2D eigenvalue weighted by atomic mass is 16.5. The summed E-state index contributed by atoms with van der Waals surface area (Å²) in [5.41, 5.74) is 3.97. The largest absolute Gasteiger partial charge is 0.492 e. The standard InChI is InChI=1S/C22H26N2O3/c1-3-6-21(25)24-19-9-10-20-17(12-19)11-18(14-27-20)22(26)23-13-16-8-5-4-7-15(16)2/h4-5,7-10,12,18H,3,6,11,13-14H2,1-2H3,(H,23,26)(H,24,25). The molecule has 0 saturated carbocycles. The van der Waals surface area contributed by atoms with Gasteiger partial charge in [0.05, 0.1) is 5.92 Å². The van der Waals surface area contributed by atoms with E-state index in [0.717, 1.165) is 34.5 Å². The molecule has 0 spiro atoms. The molecule has 2 N–H and O–H groups in total. The molecule has 5 nitrogen and oxygen atoms in total. The van der Waals surface area contributed by atoms with Crippen LogP contribution in [0.1, 0.15) is 36.5 Å². The van der Waals surface area contributed by atoms with E-state index in [1.165, 1.54) is 0 Å². The lowest BCUT2D eigenvalue weighted by Gasteiger charge is -2.25. The maximum atomic E-state index is 12.6. The van der Waals surface area contributed by atoms with E-state index >= 15 is 0 Å². The topological polar surface area (TPSA) is 67.4 Å². The molecule has 2 amide bonds. The van der Waals surface area contributed by atoms with Crippen molar-refractivity contribution in [3.05, 3.63) is 59.2 Å². The SMILES string of the molecule is CCCC(=O)Nc1ccc2c(c1)CC(C(=O)NCc1ccccc1C)CO2.